The molecule has 54 valence electrons. The van der Waals surface area contributed by atoms with Gasteiger partial charge in [-0.25, -0.2) is 0 Å². The van der Waals surface area contributed by atoms with E-state index in [4.69, 9.17) is 0 Å². The van der Waals surface area contributed by atoms with Crippen LogP contribution in [0.15, 0.2) is 10.6 Å². The number of carboxylic acids is 1. The van der Waals surface area contributed by atoms with Crippen molar-refractivity contribution < 1.29 is 19.2 Å². The Morgan fingerprint density at radius 1 is 1.90 bits per heavy atom. The molecule has 0 saturated heterocycles. The highest BCUT2D eigenvalue weighted by Gasteiger charge is 2.02. The zero-order chi connectivity index (χ0) is 7.56. The molecule has 0 fully saturated rings. The number of methoxy groups -OCH3 is 1. The van der Waals surface area contributed by atoms with Crippen LogP contribution in [0.3, 0.4) is 0 Å². The minimum absolute atomic E-state index is 0.124. The molecule has 0 unspecified atom stereocenters. The average molecular weight is 142 g/mol. The number of carbonyl (C=O) groups is 1. The SMILES string of the molecule is COc1cc(C(=O)[O-])on1. The number of aromatic nitrogens is 1. The summed E-state index contributed by atoms with van der Waals surface area (Å²) in [5, 5.41) is 13.3. The quantitative estimate of drug-likeness (QED) is 0.532. The van der Waals surface area contributed by atoms with E-state index in [2.05, 4.69) is 14.4 Å². The van der Waals surface area contributed by atoms with Crippen molar-refractivity contribution in [3.05, 3.63) is 11.8 Å². The fourth-order valence-electron chi connectivity index (χ4n) is 0.451. The number of hydrogen-bond acceptors (Lipinski definition) is 5. The first-order valence-corrected chi connectivity index (χ1v) is 2.46. The Morgan fingerprint density at radius 3 is 2.90 bits per heavy atom. The summed E-state index contributed by atoms with van der Waals surface area (Å²) in [6.07, 6.45) is 0. The number of rotatable bonds is 2. The zero-order valence-corrected chi connectivity index (χ0v) is 5.16. The molecule has 1 aromatic rings. The van der Waals surface area contributed by atoms with Crippen LogP contribution in [0.25, 0.3) is 0 Å². The lowest BCUT2D eigenvalue weighted by molar-refractivity contribution is -0.257. The fourth-order valence-corrected chi connectivity index (χ4v) is 0.451. The second kappa shape index (κ2) is 2.38. The molecule has 0 spiro atoms. The van der Waals surface area contributed by atoms with Crippen molar-refractivity contribution >= 4 is 5.97 Å². The van der Waals surface area contributed by atoms with Crippen LogP contribution in [-0.4, -0.2) is 18.2 Å². The number of ether oxygens (including phenoxy) is 1. The summed E-state index contributed by atoms with van der Waals surface area (Å²) in [5.41, 5.74) is 0. The maximum Gasteiger partial charge on any atom is 0.254 e. The van der Waals surface area contributed by atoms with Crippen LogP contribution < -0.4 is 9.84 Å². The third-order valence-corrected chi connectivity index (χ3v) is 0.899. The second-order valence-electron chi connectivity index (χ2n) is 1.52. The maximum absolute atomic E-state index is 10.0. The van der Waals surface area contributed by atoms with Gasteiger partial charge in [0.05, 0.1) is 13.2 Å². The van der Waals surface area contributed by atoms with Crippen molar-refractivity contribution in [2.75, 3.05) is 7.11 Å². The van der Waals surface area contributed by atoms with Gasteiger partial charge < -0.3 is 19.2 Å². The molecule has 0 bridgehead atoms. The summed E-state index contributed by atoms with van der Waals surface area (Å²) < 4.78 is 8.83. The molecule has 5 nitrogen and oxygen atoms in total. The Labute approximate surface area is 56.2 Å². The van der Waals surface area contributed by atoms with Gasteiger partial charge in [0.1, 0.15) is 5.97 Å². The van der Waals surface area contributed by atoms with Gasteiger partial charge in [-0.3, -0.25) is 0 Å². The predicted molar refractivity (Wildman–Crippen MR) is 27.4 cm³/mol. The van der Waals surface area contributed by atoms with Crippen molar-refractivity contribution in [2.24, 2.45) is 0 Å². The van der Waals surface area contributed by atoms with E-state index >= 15 is 0 Å². The molecule has 0 saturated carbocycles. The lowest BCUT2D eigenvalue weighted by atomic mass is 10.5. The third kappa shape index (κ3) is 1.07. The Bertz CT molecular complexity index is 242. The van der Waals surface area contributed by atoms with Crippen molar-refractivity contribution in [3.8, 4) is 5.88 Å². The van der Waals surface area contributed by atoms with E-state index in [1.54, 1.807) is 0 Å². The minimum atomic E-state index is -1.41. The first-order chi connectivity index (χ1) is 4.74. The summed E-state index contributed by atoms with van der Waals surface area (Å²) in [4.78, 5) is 10.0. The molecule has 5 heteroatoms. The van der Waals surface area contributed by atoms with E-state index in [-0.39, 0.29) is 11.6 Å². The van der Waals surface area contributed by atoms with E-state index in [1.165, 1.54) is 7.11 Å². The smallest absolute Gasteiger partial charge is 0.254 e. The Balaban J connectivity index is 2.88. The van der Waals surface area contributed by atoms with E-state index in [0.717, 1.165) is 6.07 Å². The number of hydrogen-bond donors (Lipinski definition) is 0. The summed E-state index contributed by atoms with van der Waals surface area (Å²) in [6, 6.07) is 1.13. The number of carbonyl (C=O) groups excluding carboxylic acids is 1. The van der Waals surface area contributed by atoms with Gasteiger partial charge in [-0.15, -0.1) is 0 Å². The van der Waals surface area contributed by atoms with Gasteiger partial charge in [0.25, 0.3) is 5.88 Å². The highest BCUT2D eigenvalue weighted by atomic mass is 16.5. The van der Waals surface area contributed by atoms with Crippen molar-refractivity contribution in [1.29, 1.82) is 0 Å². The molecule has 0 aliphatic heterocycles. The Morgan fingerprint density at radius 2 is 2.60 bits per heavy atom. The van der Waals surface area contributed by atoms with Crippen LogP contribution in [0.1, 0.15) is 10.6 Å². The highest BCUT2D eigenvalue weighted by Crippen LogP contribution is 2.08. The maximum atomic E-state index is 10.0. The van der Waals surface area contributed by atoms with Gasteiger partial charge in [-0.2, -0.15) is 0 Å². The molecule has 0 amide bonds. The van der Waals surface area contributed by atoms with Gasteiger partial charge in [0, 0.05) is 0 Å². The largest absolute Gasteiger partial charge is 0.541 e. The van der Waals surface area contributed by atoms with Gasteiger partial charge in [-0.1, -0.05) is 0 Å². The Hall–Kier alpha value is -1.52. The normalized spacial score (nSPS) is 9.30. The zero-order valence-electron chi connectivity index (χ0n) is 5.16. The molecule has 1 heterocycles. The molecule has 1 rings (SSSR count). The van der Waals surface area contributed by atoms with Gasteiger partial charge in [0.2, 0.25) is 0 Å². The van der Waals surface area contributed by atoms with E-state index < -0.39 is 5.97 Å². The molecule has 0 N–H and O–H groups in total. The van der Waals surface area contributed by atoms with E-state index in [0.29, 0.717) is 0 Å². The van der Waals surface area contributed by atoms with Crippen LogP contribution in [0, 0.1) is 0 Å². The van der Waals surface area contributed by atoms with E-state index in [1.807, 2.05) is 0 Å². The molecule has 0 radical (unpaired) electrons. The fraction of sp³-hybridized carbons (Fsp3) is 0.200. The van der Waals surface area contributed by atoms with Crippen LogP contribution in [0.2, 0.25) is 0 Å². The van der Waals surface area contributed by atoms with Crippen LogP contribution in [0.4, 0.5) is 0 Å². The minimum Gasteiger partial charge on any atom is -0.541 e. The molecule has 0 aromatic carbocycles. The first-order valence-electron chi connectivity index (χ1n) is 2.46. The predicted octanol–water partition coefficient (Wildman–Crippen LogP) is -0.953. The van der Waals surface area contributed by atoms with Crippen molar-refractivity contribution in [1.82, 2.24) is 5.16 Å². The number of carboxylic acid groups (broad SMARTS) is 1. The molecule has 0 aliphatic rings. The van der Waals surface area contributed by atoms with Gasteiger partial charge in [-0.05, 0) is 5.16 Å². The summed E-state index contributed by atoms with van der Waals surface area (Å²) in [5.74, 6) is -1.62. The molecule has 1 aromatic heterocycles. The van der Waals surface area contributed by atoms with Crippen molar-refractivity contribution in [2.45, 2.75) is 0 Å². The Kier molecular flexibility index (Phi) is 1.57. The van der Waals surface area contributed by atoms with E-state index in [9.17, 15) is 9.90 Å². The summed E-state index contributed by atoms with van der Waals surface area (Å²) >= 11 is 0. The second-order valence-corrected chi connectivity index (χ2v) is 1.52. The standard InChI is InChI=1S/C5H5NO4/c1-9-4-2-3(5(7)8)10-6-4/h2H,1H3,(H,7,8)/p-1. The lowest BCUT2D eigenvalue weighted by Gasteiger charge is -1.89. The summed E-state index contributed by atoms with van der Waals surface area (Å²) in [6.45, 7) is 0. The number of aromatic carboxylic acids is 1. The molecular formula is C5H4NO4-. The van der Waals surface area contributed by atoms with Crippen molar-refractivity contribution in [3.63, 3.8) is 0 Å². The first kappa shape index (κ1) is 6.60. The highest BCUT2D eigenvalue weighted by molar-refractivity contribution is 5.82. The average Bonchev–Trinajstić information content (AvgIpc) is 2.34. The topological polar surface area (TPSA) is 75.4 Å². The van der Waals surface area contributed by atoms with Crippen LogP contribution in [-0.2, 0) is 0 Å². The van der Waals surface area contributed by atoms with Gasteiger partial charge >= 0.3 is 0 Å². The number of nitrogens with zero attached hydrogens (tertiary/aromatic N) is 1. The van der Waals surface area contributed by atoms with Crippen LogP contribution >= 0.6 is 0 Å². The molecular weight excluding hydrogens is 138 g/mol. The molecule has 0 atom stereocenters. The van der Waals surface area contributed by atoms with Gasteiger partial charge in [0.15, 0.2) is 5.76 Å². The molecule has 10 heavy (non-hydrogen) atoms. The van der Waals surface area contributed by atoms with Crippen LogP contribution in [0.5, 0.6) is 5.88 Å². The molecule has 0 aliphatic carbocycles. The monoisotopic (exact) mass is 142 g/mol. The summed E-state index contributed by atoms with van der Waals surface area (Å²) in [7, 11) is 1.36. The lowest BCUT2D eigenvalue weighted by Crippen LogP contribution is -2.21. The third-order valence-electron chi connectivity index (χ3n) is 0.899.